The summed E-state index contributed by atoms with van der Waals surface area (Å²) < 4.78 is 22.5. The molecule has 0 spiro atoms. The molecule has 0 radical (unpaired) electrons. The average molecular weight is 311 g/mol. The molecule has 20 heavy (non-hydrogen) atoms. The summed E-state index contributed by atoms with van der Waals surface area (Å²) >= 11 is 1.04. The summed E-state index contributed by atoms with van der Waals surface area (Å²) in [6.07, 6.45) is 1.28. The van der Waals surface area contributed by atoms with Gasteiger partial charge in [-0.3, -0.25) is 0 Å². The maximum atomic E-state index is 11.2. The molecular weight excluding hydrogens is 294 g/mol. The zero-order valence-corrected chi connectivity index (χ0v) is 13.2. The van der Waals surface area contributed by atoms with Gasteiger partial charge in [-0.2, -0.15) is 0 Å². The minimum absolute atomic E-state index is 0.0365. The fraction of sp³-hybridized carbons (Fsp3) is 0.308. The van der Waals surface area contributed by atoms with Gasteiger partial charge in [-0.15, -0.1) is 0 Å². The van der Waals surface area contributed by atoms with Crippen molar-refractivity contribution in [1.29, 1.82) is 0 Å². The Morgan fingerprint density at radius 3 is 2.65 bits per heavy atom. The minimum Gasteiger partial charge on any atom is -0.355 e. The molecule has 2 rings (SSSR count). The molecule has 0 amide bonds. The number of hydrogen-bond donors (Lipinski definition) is 2. The monoisotopic (exact) mass is 311 g/mol. The minimum atomic E-state index is -3.68. The molecule has 1 aromatic heterocycles. The maximum Gasteiger partial charge on any atom is 0.249 e. The highest BCUT2D eigenvalue weighted by Gasteiger charge is 2.15. The number of aromatic nitrogens is 1. The van der Waals surface area contributed by atoms with Crippen LogP contribution in [0.15, 0.2) is 28.6 Å². The Balaban J connectivity index is 2.22. The lowest BCUT2D eigenvalue weighted by molar-refractivity contribution is 0.599. The van der Waals surface area contributed by atoms with E-state index in [2.05, 4.69) is 30.2 Å². The van der Waals surface area contributed by atoms with E-state index in [0.717, 1.165) is 16.9 Å². The Kier molecular flexibility index (Phi) is 4.12. The molecule has 0 saturated carbocycles. The largest absolute Gasteiger partial charge is 0.355 e. The highest BCUT2D eigenvalue weighted by Crippen LogP contribution is 2.27. The molecular formula is C13H17N3O2S2. The first-order valence-corrected chi connectivity index (χ1v) is 8.46. The van der Waals surface area contributed by atoms with Gasteiger partial charge in [-0.05, 0) is 37.5 Å². The average Bonchev–Trinajstić information content (AvgIpc) is 2.81. The normalized spacial score (nSPS) is 13.2. The van der Waals surface area contributed by atoms with Crippen LogP contribution in [-0.2, 0) is 10.0 Å². The third-order valence-electron chi connectivity index (χ3n) is 3.22. The summed E-state index contributed by atoms with van der Waals surface area (Å²) in [6.45, 7) is 6.15. The highest BCUT2D eigenvalue weighted by atomic mass is 32.2. The van der Waals surface area contributed by atoms with Crippen LogP contribution in [0.3, 0.4) is 0 Å². The second-order valence-corrected chi connectivity index (χ2v) is 7.50. The zero-order valence-electron chi connectivity index (χ0n) is 11.5. The molecule has 0 aliphatic carbocycles. The molecule has 108 valence electrons. The SMILES string of the molecule is Cc1cccc(C(C)Nc2ncc(S(N)(=O)=O)s2)c1C. The molecule has 0 saturated heterocycles. The van der Waals surface area contributed by atoms with E-state index >= 15 is 0 Å². The first-order valence-electron chi connectivity index (χ1n) is 6.10. The van der Waals surface area contributed by atoms with Crippen molar-refractivity contribution in [2.75, 3.05) is 5.32 Å². The van der Waals surface area contributed by atoms with Gasteiger partial charge in [0.25, 0.3) is 0 Å². The van der Waals surface area contributed by atoms with Crippen LogP contribution < -0.4 is 10.5 Å². The second-order valence-electron chi connectivity index (χ2n) is 4.68. The van der Waals surface area contributed by atoms with Crippen molar-refractivity contribution >= 4 is 26.5 Å². The van der Waals surface area contributed by atoms with E-state index in [0.29, 0.717) is 5.13 Å². The molecule has 0 aliphatic rings. The third kappa shape index (κ3) is 3.17. The standard InChI is InChI=1S/C13H17N3O2S2/c1-8-5-4-6-11(9(8)2)10(3)16-13-15-7-12(19-13)20(14,17)18/h4-7,10H,1-3H3,(H,15,16)(H2,14,17,18). The number of primary sulfonamides is 1. The van der Waals surface area contributed by atoms with Gasteiger partial charge in [-0.1, -0.05) is 29.5 Å². The molecule has 3 N–H and O–H groups in total. The van der Waals surface area contributed by atoms with Crippen LogP contribution in [0.1, 0.15) is 29.7 Å². The molecule has 1 aromatic carbocycles. The lowest BCUT2D eigenvalue weighted by Gasteiger charge is -2.17. The molecule has 7 heteroatoms. The molecule has 0 aliphatic heterocycles. The summed E-state index contributed by atoms with van der Waals surface area (Å²) in [7, 11) is -3.68. The summed E-state index contributed by atoms with van der Waals surface area (Å²) in [4.78, 5) is 4.05. The third-order valence-corrected chi connectivity index (χ3v) is 5.55. The van der Waals surface area contributed by atoms with E-state index in [4.69, 9.17) is 5.14 Å². The first-order chi connectivity index (χ1) is 9.29. The van der Waals surface area contributed by atoms with Crippen molar-refractivity contribution in [2.45, 2.75) is 31.0 Å². The number of nitrogens with two attached hydrogens (primary N) is 1. The van der Waals surface area contributed by atoms with Gasteiger partial charge in [0.05, 0.1) is 12.2 Å². The fourth-order valence-electron chi connectivity index (χ4n) is 1.96. The van der Waals surface area contributed by atoms with Crippen molar-refractivity contribution < 1.29 is 8.42 Å². The number of rotatable bonds is 4. The Morgan fingerprint density at radius 1 is 1.35 bits per heavy atom. The van der Waals surface area contributed by atoms with Crippen molar-refractivity contribution in [2.24, 2.45) is 5.14 Å². The number of sulfonamides is 1. The molecule has 5 nitrogen and oxygen atoms in total. The molecule has 0 fully saturated rings. The van der Waals surface area contributed by atoms with Crippen molar-refractivity contribution in [1.82, 2.24) is 4.98 Å². The van der Waals surface area contributed by atoms with Crippen LogP contribution in [0.25, 0.3) is 0 Å². The van der Waals surface area contributed by atoms with Crippen molar-refractivity contribution in [3.05, 3.63) is 41.1 Å². The predicted molar refractivity (Wildman–Crippen MR) is 81.4 cm³/mol. The van der Waals surface area contributed by atoms with E-state index in [1.165, 1.54) is 17.3 Å². The topological polar surface area (TPSA) is 85.1 Å². The number of nitrogens with one attached hydrogen (secondary N) is 1. The van der Waals surface area contributed by atoms with Crippen molar-refractivity contribution in [3.63, 3.8) is 0 Å². The molecule has 0 bridgehead atoms. The Morgan fingerprint density at radius 2 is 2.05 bits per heavy atom. The van der Waals surface area contributed by atoms with Crippen LogP contribution in [0.5, 0.6) is 0 Å². The van der Waals surface area contributed by atoms with Gasteiger partial charge in [0.2, 0.25) is 10.0 Å². The Labute approximate surface area is 122 Å². The molecule has 1 atom stereocenters. The summed E-state index contributed by atoms with van der Waals surface area (Å²) in [5, 5.41) is 8.82. The summed E-state index contributed by atoms with van der Waals surface area (Å²) in [6, 6.07) is 6.16. The van der Waals surface area contributed by atoms with Crippen LogP contribution >= 0.6 is 11.3 Å². The van der Waals surface area contributed by atoms with Gasteiger partial charge >= 0.3 is 0 Å². The van der Waals surface area contributed by atoms with Crippen LogP contribution in [0.4, 0.5) is 5.13 Å². The predicted octanol–water partition coefficient (Wildman–Crippen LogP) is 2.58. The Hall–Kier alpha value is -1.44. The Bertz CT molecular complexity index is 723. The van der Waals surface area contributed by atoms with E-state index in [9.17, 15) is 8.42 Å². The smallest absolute Gasteiger partial charge is 0.249 e. The van der Waals surface area contributed by atoms with Crippen LogP contribution in [0, 0.1) is 13.8 Å². The van der Waals surface area contributed by atoms with Crippen molar-refractivity contribution in [3.8, 4) is 0 Å². The summed E-state index contributed by atoms with van der Waals surface area (Å²) in [5.74, 6) is 0. The maximum absolute atomic E-state index is 11.2. The lowest BCUT2D eigenvalue weighted by Crippen LogP contribution is -2.10. The molecule has 1 unspecified atom stereocenters. The van der Waals surface area contributed by atoms with Crippen LogP contribution in [-0.4, -0.2) is 13.4 Å². The number of nitrogens with zero attached hydrogens (tertiary/aromatic N) is 1. The molecule has 1 heterocycles. The second kappa shape index (κ2) is 5.51. The van der Waals surface area contributed by atoms with Crippen LogP contribution in [0.2, 0.25) is 0 Å². The zero-order chi connectivity index (χ0) is 14.9. The number of benzene rings is 1. The van der Waals surface area contributed by atoms with Gasteiger partial charge in [0.15, 0.2) is 9.34 Å². The van der Waals surface area contributed by atoms with Gasteiger partial charge < -0.3 is 5.32 Å². The molecule has 2 aromatic rings. The number of hydrogen-bond acceptors (Lipinski definition) is 5. The fourth-order valence-corrected chi connectivity index (χ4v) is 3.50. The number of thiazole rings is 1. The van der Waals surface area contributed by atoms with E-state index in [1.807, 2.05) is 19.1 Å². The lowest BCUT2D eigenvalue weighted by atomic mass is 9.99. The quantitative estimate of drug-likeness (QED) is 0.909. The number of aryl methyl sites for hydroxylation is 1. The van der Waals surface area contributed by atoms with E-state index in [-0.39, 0.29) is 10.3 Å². The van der Waals surface area contributed by atoms with E-state index < -0.39 is 10.0 Å². The van der Waals surface area contributed by atoms with Gasteiger partial charge in [0, 0.05) is 0 Å². The summed E-state index contributed by atoms with van der Waals surface area (Å²) in [5.41, 5.74) is 3.61. The first kappa shape index (κ1) is 15.0. The van der Waals surface area contributed by atoms with Gasteiger partial charge in [-0.25, -0.2) is 18.5 Å². The van der Waals surface area contributed by atoms with E-state index in [1.54, 1.807) is 0 Å². The van der Waals surface area contributed by atoms with Gasteiger partial charge in [0.1, 0.15) is 0 Å². The highest BCUT2D eigenvalue weighted by molar-refractivity contribution is 7.91. The number of anilines is 1.